The Hall–Kier alpha value is -3.80. The van der Waals surface area contributed by atoms with E-state index in [1.165, 1.54) is 0 Å². The number of nitrogens with two attached hydrogens (primary N) is 1. The van der Waals surface area contributed by atoms with Gasteiger partial charge in [0.1, 0.15) is 0 Å². The van der Waals surface area contributed by atoms with Gasteiger partial charge in [-0.1, -0.05) is 0 Å². The molecule has 0 bridgehead atoms. The Bertz CT molecular complexity index is 1600. The SMILES string of the molecule is Cc1c(C(=O)CN2CCC(CNS(=O)(=O)C(F)(F)F)CC2)c2ncc(CCC(N)=O)cc2n1-c1ccc(C#N)cc1. The van der Waals surface area contributed by atoms with Crippen molar-refractivity contribution in [2.75, 3.05) is 26.2 Å². The van der Waals surface area contributed by atoms with Crippen LogP contribution in [-0.2, 0) is 21.2 Å². The summed E-state index contributed by atoms with van der Waals surface area (Å²) in [4.78, 5) is 31.4. The molecule has 1 fully saturated rings. The first-order valence-electron chi connectivity index (χ1n) is 12.9. The third kappa shape index (κ3) is 6.75. The molecule has 3 aromatic rings. The minimum atomic E-state index is -5.39. The van der Waals surface area contributed by atoms with Crippen LogP contribution < -0.4 is 10.5 Å². The fourth-order valence-corrected chi connectivity index (χ4v) is 5.64. The van der Waals surface area contributed by atoms with E-state index in [2.05, 4.69) is 11.1 Å². The van der Waals surface area contributed by atoms with Gasteiger partial charge in [-0.05, 0) is 81.1 Å². The van der Waals surface area contributed by atoms with E-state index in [-0.39, 0.29) is 31.2 Å². The number of hydrogen-bond donors (Lipinski definition) is 2. The number of fused-ring (bicyclic) bond motifs is 1. The number of Topliss-reactive ketones (excluding diaryl/α,β-unsaturated/α-hetero) is 1. The number of ketones is 1. The third-order valence-electron chi connectivity index (χ3n) is 7.23. The number of sulfonamides is 1. The van der Waals surface area contributed by atoms with E-state index in [1.807, 2.05) is 15.5 Å². The van der Waals surface area contributed by atoms with Crippen LogP contribution in [0.1, 0.15) is 46.4 Å². The van der Waals surface area contributed by atoms with E-state index in [0.717, 1.165) is 11.3 Å². The zero-order valence-corrected chi connectivity index (χ0v) is 23.1. The highest BCUT2D eigenvalue weighted by Gasteiger charge is 2.45. The topological polar surface area (TPSA) is 151 Å². The van der Waals surface area contributed by atoms with E-state index in [9.17, 15) is 36.4 Å². The van der Waals surface area contributed by atoms with Gasteiger partial charge in [-0.15, -0.1) is 0 Å². The molecule has 41 heavy (non-hydrogen) atoms. The minimum Gasteiger partial charge on any atom is -0.370 e. The molecule has 2 aromatic heterocycles. The first kappa shape index (κ1) is 30.2. The smallest absolute Gasteiger partial charge is 0.370 e. The summed E-state index contributed by atoms with van der Waals surface area (Å²) in [7, 11) is -5.39. The van der Waals surface area contributed by atoms with Gasteiger partial charge >= 0.3 is 15.5 Å². The van der Waals surface area contributed by atoms with Gasteiger partial charge in [0.25, 0.3) is 0 Å². The summed E-state index contributed by atoms with van der Waals surface area (Å²) in [6.45, 7) is 2.38. The number of primary amides is 1. The highest BCUT2D eigenvalue weighted by Crippen LogP contribution is 2.30. The van der Waals surface area contributed by atoms with Gasteiger partial charge in [-0.3, -0.25) is 19.5 Å². The molecule has 1 amide bonds. The molecule has 0 unspecified atom stereocenters. The van der Waals surface area contributed by atoms with Crippen LogP contribution in [0.4, 0.5) is 13.2 Å². The zero-order chi connectivity index (χ0) is 29.9. The summed E-state index contributed by atoms with van der Waals surface area (Å²) >= 11 is 0. The molecule has 0 saturated carbocycles. The molecule has 218 valence electrons. The van der Waals surface area contributed by atoms with Gasteiger partial charge in [0.05, 0.1) is 34.8 Å². The van der Waals surface area contributed by atoms with Crippen LogP contribution in [0, 0.1) is 24.2 Å². The van der Waals surface area contributed by atoms with Crippen molar-refractivity contribution in [1.82, 2.24) is 19.2 Å². The number of benzene rings is 1. The number of pyridine rings is 1. The summed E-state index contributed by atoms with van der Waals surface area (Å²) in [5.41, 5.74) is 4.13. The van der Waals surface area contributed by atoms with Crippen molar-refractivity contribution in [3.8, 4) is 11.8 Å². The Balaban J connectivity index is 1.55. The Morgan fingerprint density at radius 1 is 1.20 bits per heavy atom. The summed E-state index contributed by atoms with van der Waals surface area (Å²) in [5, 5.41) is 9.18. The Kier molecular flexibility index (Phi) is 8.81. The van der Waals surface area contributed by atoms with Crippen molar-refractivity contribution in [2.45, 2.75) is 38.1 Å². The van der Waals surface area contributed by atoms with Crippen molar-refractivity contribution in [2.24, 2.45) is 11.7 Å². The average molecular weight is 591 g/mol. The summed E-state index contributed by atoms with van der Waals surface area (Å²) in [5.74, 6) is -0.909. The van der Waals surface area contributed by atoms with Gasteiger partial charge in [-0.25, -0.2) is 13.1 Å². The second-order valence-corrected chi connectivity index (χ2v) is 11.8. The predicted molar refractivity (Wildman–Crippen MR) is 145 cm³/mol. The predicted octanol–water partition coefficient (Wildman–Crippen LogP) is 2.96. The molecule has 3 N–H and O–H groups in total. The molecule has 4 rings (SSSR count). The number of nitrogens with one attached hydrogen (secondary N) is 1. The van der Waals surface area contributed by atoms with Crippen LogP contribution in [0.25, 0.3) is 16.7 Å². The van der Waals surface area contributed by atoms with Crippen molar-refractivity contribution in [3.05, 3.63) is 58.9 Å². The maximum Gasteiger partial charge on any atom is 0.511 e. The number of aryl methyl sites for hydroxylation is 1. The Labute approximate surface area is 235 Å². The molecule has 0 spiro atoms. The molecule has 1 aliphatic heterocycles. The lowest BCUT2D eigenvalue weighted by molar-refractivity contribution is -0.118. The second kappa shape index (κ2) is 12.0. The molecule has 0 radical (unpaired) electrons. The van der Waals surface area contributed by atoms with Crippen LogP contribution >= 0.6 is 0 Å². The number of hydrogen-bond acceptors (Lipinski definition) is 7. The fourth-order valence-electron chi connectivity index (χ4n) is 5.02. The third-order valence-corrected chi connectivity index (χ3v) is 8.39. The highest BCUT2D eigenvalue weighted by atomic mass is 32.2. The van der Waals surface area contributed by atoms with Gasteiger partial charge in [0.2, 0.25) is 5.91 Å². The van der Waals surface area contributed by atoms with E-state index in [1.54, 1.807) is 42.1 Å². The first-order chi connectivity index (χ1) is 19.3. The molecule has 10 nitrogen and oxygen atoms in total. The number of carbonyl (C=O) groups excluding carboxylic acids is 2. The van der Waals surface area contributed by atoms with E-state index >= 15 is 0 Å². The van der Waals surface area contributed by atoms with E-state index in [0.29, 0.717) is 60.2 Å². The van der Waals surface area contributed by atoms with Crippen molar-refractivity contribution < 1.29 is 31.2 Å². The summed E-state index contributed by atoms with van der Waals surface area (Å²) < 4.78 is 63.9. The second-order valence-electron chi connectivity index (χ2n) is 10.1. The van der Waals surface area contributed by atoms with Gasteiger partial charge in [-0.2, -0.15) is 18.4 Å². The number of rotatable bonds is 10. The minimum absolute atomic E-state index is 0.0550. The highest BCUT2D eigenvalue weighted by molar-refractivity contribution is 7.90. The molecule has 0 atom stereocenters. The zero-order valence-electron chi connectivity index (χ0n) is 22.2. The number of halogens is 3. The lowest BCUT2D eigenvalue weighted by Gasteiger charge is -2.31. The molecular formula is C27H29F3N6O4S. The lowest BCUT2D eigenvalue weighted by atomic mass is 9.96. The van der Waals surface area contributed by atoms with Crippen molar-refractivity contribution >= 4 is 32.7 Å². The number of aromatic nitrogens is 2. The first-order valence-corrected chi connectivity index (χ1v) is 14.4. The molecule has 1 saturated heterocycles. The number of likely N-dealkylation sites (tertiary alicyclic amines) is 1. The number of nitrogens with zero attached hydrogens (tertiary/aromatic N) is 4. The molecule has 1 aliphatic rings. The molecule has 0 aliphatic carbocycles. The van der Waals surface area contributed by atoms with E-state index < -0.39 is 21.4 Å². The molecule has 3 heterocycles. The van der Waals surface area contributed by atoms with Gasteiger partial charge in [0.15, 0.2) is 5.78 Å². The van der Waals surface area contributed by atoms with Crippen LogP contribution in [-0.4, -0.2) is 66.2 Å². The van der Waals surface area contributed by atoms with Crippen LogP contribution in [0.3, 0.4) is 0 Å². The maximum atomic E-state index is 13.6. The number of amides is 1. The largest absolute Gasteiger partial charge is 0.511 e. The van der Waals surface area contributed by atoms with Crippen LogP contribution in [0.2, 0.25) is 0 Å². The lowest BCUT2D eigenvalue weighted by Crippen LogP contribution is -2.43. The van der Waals surface area contributed by atoms with Crippen molar-refractivity contribution in [1.29, 1.82) is 5.26 Å². The Morgan fingerprint density at radius 2 is 1.85 bits per heavy atom. The van der Waals surface area contributed by atoms with E-state index in [4.69, 9.17) is 5.73 Å². The standard InChI is InChI=1S/C27H29F3N6O4S/c1-17-25(23(37)16-35-10-8-19(9-11-35)15-34-41(39,40)27(28,29)30)26-22(12-20(14-33-26)4-7-24(32)38)36(17)21-5-2-18(13-31)3-6-21/h2-3,5-6,12,14,19,34H,4,7-11,15-16H2,1H3,(H2,32,38). The number of carbonyl (C=O) groups is 2. The quantitative estimate of drug-likeness (QED) is 0.345. The molecular weight excluding hydrogens is 561 g/mol. The molecule has 14 heteroatoms. The number of alkyl halides is 3. The molecule has 1 aromatic carbocycles. The van der Waals surface area contributed by atoms with Gasteiger partial charge in [0, 0.05) is 30.5 Å². The summed E-state index contributed by atoms with van der Waals surface area (Å²) in [6.07, 6.45) is 3.00. The van der Waals surface area contributed by atoms with Crippen LogP contribution in [0.5, 0.6) is 0 Å². The number of piperidine rings is 1. The number of nitriles is 1. The van der Waals surface area contributed by atoms with Crippen molar-refractivity contribution in [3.63, 3.8) is 0 Å². The monoisotopic (exact) mass is 590 g/mol. The maximum absolute atomic E-state index is 13.6. The Morgan fingerprint density at radius 3 is 2.44 bits per heavy atom. The normalized spacial score (nSPS) is 15.2. The summed E-state index contributed by atoms with van der Waals surface area (Å²) in [6, 6.07) is 10.8. The fraction of sp³-hybridized carbons (Fsp3) is 0.407. The van der Waals surface area contributed by atoms with Gasteiger partial charge < -0.3 is 10.3 Å². The average Bonchev–Trinajstić information content (AvgIpc) is 3.22. The van der Waals surface area contributed by atoms with Crippen LogP contribution in [0.15, 0.2) is 36.5 Å².